The Hall–Kier alpha value is -2.80. The van der Waals surface area contributed by atoms with E-state index in [1.165, 1.54) is 28.4 Å². The number of halogens is 2. The predicted molar refractivity (Wildman–Crippen MR) is 120 cm³/mol. The largest absolute Gasteiger partial charge is 0.331 e. The van der Waals surface area contributed by atoms with Crippen LogP contribution in [0.5, 0.6) is 0 Å². The molecule has 1 saturated heterocycles. The number of nitrogens with zero attached hydrogens (tertiary/aromatic N) is 4. The van der Waals surface area contributed by atoms with Gasteiger partial charge in [0, 0.05) is 24.0 Å². The van der Waals surface area contributed by atoms with E-state index in [1.54, 1.807) is 0 Å². The molecule has 7 nitrogen and oxygen atoms in total. The van der Waals surface area contributed by atoms with Gasteiger partial charge in [0.25, 0.3) is 11.8 Å². The number of anilines is 1. The number of nitrogens with one attached hydrogen (secondary N) is 1. The lowest BCUT2D eigenvalue weighted by molar-refractivity contribution is -0.116. The fourth-order valence-corrected chi connectivity index (χ4v) is 5.79. The van der Waals surface area contributed by atoms with Gasteiger partial charge < -0.3 is 14.8 Å². The standard InChI is InChI=1S/C23H27F2N5O2S/c1-22(2,3)14-4-5-15-16(9-26)20(33-18(15)8-14)28-19(31)11-29-10-17(27-13-29)21(32)30-7-6-23(24,25)12-30/h10,13-14H,4-8,11-12H2,1-3H3,(H,28,31). The zero-order chi connectivity index (χ0) is 24.0. The number of carbonyl (C=O) groups excluding carboxylic acids is 2. The molecule has 2 aromatic rings. The first-order valence-electron chi connectivity index (χ1n) is 11.0. The number of alkyl halides is 2. The highest BCUT2D eigenvalue weighted by molar-refractivity contribution is 7.16. The number of amides is 2. The number of fused-ring (bicyclic) bond motifs is 1. The number of thiophene rings is 1. The van der Waals surface area contributed by atoms with Crippen molar-refractivity contribution in [3.63, 3.8) is 0 Å². The van der Waals surface area contributed by atoms with Crippen molar-refractivity contribution in [2.75, 3.05) is 18.4 Å². The summed E-state index contributed by atoms with van der Waals surface area (Å²) in [6.45, 7) is 5.94. The summed E-state index contributed by atoms with van der Waals surface area (Å²) in [4.78, 5) is 31.3. The first kappa shape index (κ1) is 23.4. The molecule has 1 fully saturated rings. The van der Waals surface area contributed by atoms with Gasteiger partial charge >= 0.3 is 0 Å². The molecule has 1 atom stereocenters. The zero-order valence-corrected chi connectivity index (χ0v) is 19.8. The molecule has 4 rings (SSSR count). The summed E-state index contributed by atoms with van der Waals surface area (Å²) >= 11 is 1.46. The summed E-state index contributed by atoms with van der Waals surface area (Å²) < 4.78 is 28.2. The highest BCUT2D eigenvalue weighted by atomic mass is 32.1. The van der Waals surface area contributed by atoms with Crippen molar-refractivity contribution in [1.29, 1.82) is 5.26 Å². The van der Waals surface area contributed by atoms with Gasteiger partial charge in [-0.1, -0.05) is 20.8 Å². The zero-order valence-electron chi connectivity index (χ0n) is 19.0. The molecule has 3 heterocycles. The lowest BCUT2D eigenvalue weighted by Gasteiger charge is -2.33. The van der Waals surface area contributed by atoms with E-state index in [2.05, 4.69) is 37.1 Å². The van der Waals surface area contributed by atoms with Crippen LogP contribution in [0.1, 0.15) is 60.1 Å². The maximum absolute atomic E-state index is 13.4. The third-order valence-corrected chi connectivity index (χ3v) is 7.66. The molecule has 1 aliphatic heterocycles. The van der Waals surface area contributed by atoms with Crippen molar-refractivity contribution < 1.29 is 18.4 Å². The Morgan fingerprint density at radius 1 is 1.39 bits per heavy atom. The molecule has 33 heavy (non-hydrogen) atoms. The molecule has 2 aliphatic rings. The Labute approximate surface area is 195 Å². The van der Waals surface area contributed by atoms with Gasteiger partial charge in [-0.2, -0.15) is 5.26 Å². The summed E-state index contributed by atoms with van der Waals surface area (Å²) in [5.41, 5.74) is 1.78. The molecular weight excluding hydrogens is 448 g/mol. The Bertz CT molecular complexity index is 1130. The SMILES string of the molecule is CC(C)(C)C1CCc2c(sc(NC(=O)Cn3cnc(C(=O)N4CCC(F)(F)C4)c3)c2C#N)C1. The minimum Gasteiger partial charge on any atom is -0.331 e. The van der Waals surface area contributed by atoms with E-state index in [4.69, 9.17) is 0 Å². The number of likely N-dealkylation sites (tertiary alicyclic amines) is 1. The monoisotopic (exact) mass is 475 g/mol. The fourth-order valence-electron chi connectivity index (χ4n) is 4.49. The average Bonchev–Trinajstić information content (AvgIpc) is 3.42. The molecule has 1 unspecified atom stereocenters. The molecule has 0 bridgehead atoms. The normalized spacial score (nSPS) is 19.8. The summed E-state index contributed by atoms with van der Waals surface area (Å²) in [6.07, 6.45) is 5.11. The lowest BCUT2D eigenvalue weighted by Crippen LogP contribution is -2.31. The van der Waals surface area contributed by atoms with Gasteiger partial charge in [0.1, 0.15) is 23.3 Å². The molecule has 0 saturated carbocycles. The Balaban J connectivity index is 1.42. The second kappa shape index (κ2) is 8.52. The van der Waals surface area contributed by atoms with Crippen molar-refractivity contribution in [2.24, 2.45) is 11.3 Å². The van der Waals surface area contributed by atoms with E-state index < -0.39 is 18.4 Å². The molecule has 0 radical (unpaired) electrons. The van der Waals surface area contributed by atoms with Crippen LogP contribution in [0.2, 0.25) is 0 Å². The number of hydrogen-bond acceptors (Lipinski definition) is 5. The first-order chi connectivity index (χ1) is 15.5. The van der Waals surface area contributed by atoms with Crippen LogP contribution in [0.4, 0.5) is 13.8 Å². The molecular formula is C23H27F2N5O2S. The Morgan fingerprint density at radius 2 is 2.15 bits per heavy atom. The minimum absolute atomic E-state index is 0.0186. The van der Waals surface area contributed by atoms with Gasteiger partial charge in [0.05, 0.1) is 18.4 Å². The summed E-state index contributed by atoms with van der Waals surface area (Å²) in [5, 5.41) is 13.1. The smallest absolute Gasteiger partial charge is 0.274 e. The molecule has 1 aliphatic carbocycles. The molecule has 2 amide bonds. The van der Waals surface area contributed by atoms with E-state index in [9.17, 15) is 23.6 Å². The van der Waals surface area contributed by atoms with Gasteiger partial charge in [-0.25, -0.2) is 13.8 Å². The topological polar surface area (TPSA) is 91.0 Å². The maximum atomic E-state index is 13.4. The quantitative estimate of drug-likeness (QED) is 0.721. The highest BCUT2D eigenvalue weighted by Gasteiger charge is 2.41. The number of aromatic nitrogens is 2. The fraction of sp³-hybridized carbons (Fsp3) is 0.565. The van der Waals surface area contributed by atoms with Crippen LogP contribution >= 0.6 is 11.3 Å². The number of imidazole rings is 1. The van der Waals surface area contributed by atoms with E-state index in [0.717, 1.165) is 34.6 Å². The lowest BCUT2D eigenvalue weighted by atomic mass is 9.72. The Morgan fingerprint density at radius 3 is 2.79 bits per heavy atom. The molecule has 0 spiro atoms. The van der Waals surface area contributed by atoms with Gasteiger partial charge in [-0.05, 0) is 36.2 Å². The molecule has 1 N–H and O–H groups in total. The second-order valence-electron chi connectivity index (χ2n) is 9.94. The number of carbonyl (C=O) groups is 2. The van der Waals surface area contributed by atoms with Crippen LogP contribution in [-0.2, 0) is 24.2 Å². The Kier molecular flexibility index (Phi) is 6.03. The highest BCUT2D eigenvalue weighted by Crippen LogP contribution is 2.44. The molecule has 2 aromatic heterocycles. The number of hydrogen-bond donors (Lipinski definition) is 1. The predicted octanol–water partition coefficient (Wildman–Crippen LogP) is 4.09. The van der Waals surface area contributed by atoms with Crippen LogP contribution in [-0.4, -0.2) is 45.3 Å². The van der Waals surface area contributed by atoms with E-state index >= 15 is 0 Å². The molecule has 176 valence electrons. The first-order valence-corrected chi connectivity index (χ1v) is 11.8. The molecule has 10 heteroatoms. The van der Waals surface area contributed by atoms with E-state index in [-0.39, 0.29) is 36.5 Å². The number of nitriles is 1. The van der Waals surface area contributed by atoms with Crippen LogP contribution in [0, 0.1) is 22.7 Å². The van der Waals surface area contributed by atoms with Crippen molar-refractivity contribution in [2.45, 2.75) is 58.9 Å². The van der Waals surface area contributed by atoms with Gasteiger partial charge in [0.15, 0.2) is 0 Å². The van der Waals surface area contributed by atoms with Crippen molar-refractivity contribution in [3.8, 4) is 6.07 Å². The van der Waals surface area contributed by atoms with Crippen molar-refractivity contribution >= 4 is 28.2 Å². The van der Waals surface area contributed by atoms with E-state index in [1.807, 2.05) is 0 Å². The van der Waals surface area contributed by atoms with Crippen LogP contribution in [0.15, 0.2) is 12.5 Å². The van der Waals surface area contributed by atoms with E-state index in [0.29, 0.717) is 16.5 Å². The maximum Gasteiger partial charge on any atom is 0.274 e. The molecule has 0 aromatic carbocycles. The van der Waals surface area contributed by atoms with Gasteiger partial charge in [-0.3, -0.25) is 9.59 Å². The summed E-state index contributed by atoms with van der Waals surface area (Å²) in [7, 11) is 0. The number of rotatable bonds is 4. The van der Waals surface area contributed by atoms with Crippen LogP contribution in [0.3, 0.4) is 0 Å². The van der Waals surface area contributed by atoms with Crippen molar-refractivity contribution in [3.05, 3.63) is 34.2 Å². The van der Waals surface area contributed by atoms with Crippen LogP contribution < -0.4 is 5.32 Å². The summed E-state index contributed by atoms with van der Waals surface area (Å²) in [6, 6.07) is 2.25. The third kappa shape index (κ3) is 4.93. The van der Waals surface area contributed by atoms with Gasteiger partial charge in [-0.15, -0.1) is 11.3 Å². The van der Waals surface area contributed by atoms with Crippen molar-refractivity contribution in [1.82, 2.24) is 14.5 Å². The summed E-state index contributed by atoms with van der Waals surface area (Å²) in [5.74, 6) is -3.27. The second-order valence-corrected chi connectivity index (χ2v) is 11.0. The minimum atomic E-state index is -2.87. The average molecular weight is 476 g/mol. The van der Waals surface area contributed by atoms with Crippen LogP contribution in [0.25, 0.3) is 0 Å². The third-order valence-electron chi connectivity index (χ3n) is 6.49. The van der Waals surface area contributed by atoms with Gasteiger partial charge in [0.2, 0.25) is 5.91 Å².